The van der Waals surface area contributed by atoms with Crippen LogP contribution in [0.5, 0.6) is 0 Å². The van der Waals surface area contributed by atoms with Crippen LogP contribution in [0.25, 0.3) is 5.69 Å². The van der Waals surface area contributed by atoms with E-state index < -0.39 is 5.97 Å². The summed E-state index contributed by atoms with van der Waals surface area (Å²) in [6.07, 6.45) is 2.35. The number of fused-ring (bicyclic) bond motifs is 1. The highest BCUT2D eigenvalue weighted by atomic mass is 19.1. The number of benzene rings is 1. The van der Waals surface area contributed by atoms with E-state index in [2.05, 4.69) is 5.10 Å². The standard InChI is InChI=1S/C20H24FN3O3/c1-13(2)12-23(10-9-18(25)26)20(27)19-16-7-4-8-17(16)24(22-19)15-6-3-5-14(21)11-15/h3,5-6,11,13H,4,7-10,12H2,1-2H3,(H,25,26). The molecule has 7 heteroatoms. The fourth-order valence-electron chi connectivity index (χ4n) is 3.53. The molecule has 1 aromatic heterocycles. The van der Waals surface area contributed by atoms with Crippen LogP contribution in [0.3, 0.4) is 0 Å². The van der Waals surface area contributed by atoms with Crippen molar-refractivity contribution in [1.29, 1.82) is 0 Å². The van der Waals surface area contributed by atoms with Crippen LogP contribution in [0.2, 0.25) is 0 Å². The van der Waals surface area contributed by atoms with Crippen LogP contribution in [0.15, 0.2) is 24.3 Å². The minimum Gasteiger partial charge on any atom is -0.481 e. The van der Waals surface area contributed by atoms with Gasteiger partial charge in [-0.1, -0.05) is 19.9 Å². The molecule has 0 atom stereocenters. The predicted molar refractivity (Wildman–Crippen MR) is 98.5 cm³/mol. The summed E-state index contributed by atoms with van der Waals surface area (Å²) in [7, 11) is 0. The number of rotatable bonds is 7. The Bertz CT molecular complexity index is 860. The molecule has 0 saturated heterocycles. The van der Waals surface area contributed by atoms with Gasteiger partial charge in [-0.3, -0.25) is 9.59 Å². The number of carbonyl (C=O) groups is 2. The normalized spacial score (nSPS) is 13.0. The highest BCUT2D eigenvalue weighted by molar-refractivity contribution is 5.94. The second-order valence-electron chi connectivity index (χ2n) is 7.31. The Labute approximate surface area is 157 Å². The lowest BCUT2D eigenvalue weighted by atomic mass is 10.1. The lowest BCUT2D eigenvalue weighted by Crippen LogP contribution is -2.36. The van der Waals surface area contributed by atoms with Gasteiger partial charge in [0.15, 0.2) is 5.69 Å². The highest BCUT2D eigenvalue weighted by Gasteiger charge is 2.30. The van der Waals surface area contributed by atoms with Crippen molar-refractivity contribution >= 4 is 11.9 Å². The van der Waals surface area contributed by atoms with Crippen molar-refractivity contribution in [2.75, 3.05) is 13.1 Å². The summed E-state index contributed by atoms with van der Waals surface area (Å²) in [5.41, 5.74) is 2.78. The van der Waals surface area contributed by atoms with Crippen molar-refractivity contribution in [2.45, 2.75) is 39.5 Å². The number of amides is 1. The summed E-state index contributed by atoms with van der Waals surface area (Å²) in [6, 6.07) is 6.15. The van der Waals surface area contributed by atoms with Crippen molar-refractivity contribution in [3.8, 4) is 5.69 Å². The van der Waals surface area contributed by atoms with Crippen LogP contribution >= 0.6 is 0 Å². The summed E-state index contributed by atoms with van der Waals surface area (Å²) in [5, 5.41) is 13.5. The largest absolute Gasteiger partial charge is 0.481 e. The zero-order chi connectivity index (χ0) is 19.6. The van der Waals surface area contributed by atoms with Gasteiger partial charge in [0.1, 0.15) is 5.82 Å². The molecular formula is C20H24FN3O3. The molecule has 144 valence electrons. The molecule has 0 saturated carbocycles. The molecule has 1 aliphatic rings. The number of halogens is 1. The topological polar surface area (TPSA) is 75.4 Å². The van der Waals surface area contributed by atoms with Gasteiger partial charge in [0.2, 0.25) is 0 Å². The van der Waals surface area contributed by atoms with Crippen LogP contribution in [0.1, 0.15) is 48.4 Å². The van der Waals surface area contributed by atoms with E-state index in [1.165, 1.54) is 12.1 Å². The van der Waals surface area contributed by atoms with Gasteiger partial charge < -0.3 is 10.0 Å². The van der Waals surface area contributed by atoms with Crippen molar-refractivity contribution < 1.29 is 19.1 Å². The number of aliphatic carboxylic acids is 1. The fraction of sp³-hybridized carbons (Fsp3) is 0.450. The lowest BCUT2D eigenvalue weighted by Gasteiger charge is -2.23. The summed E-state index contributed by atoms with van der Waals surface area (Å²) in [6.45, 7) is 4.58. The molecular weight excluding hydrogens is 349 g/mol. The highest BCUT2D eigenvalue weighted by Crippen LogP contribution is 2.29. The van der Waals surface area contributed by atoms with Crippen LogP contribution < -0.4 is 0 Å². The molecule has 1 N–H and O–H groups in total. The minimum atomic E-state index is -0.938. The number of nitrogens with zero attached hydrogens (tertiary/aromatic N) is 3. The average molecular weight is 373 g/mol. The van der Waals surface area contributed by atoms with Gasteiger partial charge in [0.05, 0.1) is 12.1 Å². The van der Waals surface area contributed by atoms with Gasteiger partial charge in [0, 0.05) is 24.3 Å². The van der Waals surface area contributed by atoms with E-state index in [0.29, 0.717) is 17.9 Å². The Morgan fingerprint density at radius 2 is 2.11 bits per heavy atom. The number of hydrogen-bond acceptors (Lipinski definition) is 3. The van der Waals surface area contributed by atoms with Crippen LogP contribution in [-0.2, 0) is 17.6 Å². The van der Waals surface area contributed by atoms with Gasteiger partial charge in [-0.25, -0.2) is 9.07 Å². The molecule has 2 aromatic rings. The monoisotopic (exact) mass is 373 g/mol. The number of carbonyl (C=O) groups excluding carboxylic acids is 1. The predicted octanol–water partition coefficient (Wildman–Crippen LogP) is 3.07. The van der Waals surface area contributed by atoms with Crippen LogP contribution in [0, 0.1) is 11.7 Å². The quantitative estimate of drug-likeness (QED) is 0.809. The Balaban J connectivity index is 1.96. The minimum absolute atomic E-state index is 0.106. The molecule has 27 heavy (non-hydrogen) atoms. The summed E-state index contributed by atoms with van der Waals surface area (Å²) in [4.78, 5) is 25.7. The van der Waals surface area contributed by atoms with Gasteiger partial charge in [-0.05, 0) is 43.4 Å². The second-order valence-corrected chi connectivity index (χ2v) is 7.31. The van der Waals surface area contributed by atoms with E-state index in [1.807, 2.05) is 13.8 Å². The molecule has 0 aliphatic heterocycles. The van der Waals surface area contributed by atoms with Crippen molar-refractivity contribution in [2.24, 2.45) is 5.92 Å². The zero-order valence-electron chi connectivity index (χ0n) is 15.6. The van der Waals surface area contributed by atoms with Gasteiger partial charge in [-0.2, -0.15) is 5.10 Å². The third-order valence-electron chi connectivity index (χ3n) is 4.65. The summed E-state index contributed by atoms with van der Waals surface area (Å²) < 4.78 is 15.3. The first-order chi connectivity index (χ1) is 12.9. The first kappa shape index (κ1) is 19.1. The van der Waals surface area contributed by atoms with E-state index >= 15 is 0 Å². The Hall–Kier alpha value is -2.70. The third-order valence-corrected chi connectivity index (χ3v) is 4.65. The van der Waals surface area contributed by atoms with Crippen LogP contribution in [-0.4, -0.2) is 44.8 Å². The number of hydrogen-bond donors (Lipinski definition) is 1. The summed E-state index contributed by atoms with van der Waals surface area (Å²) in [5.74, 6) is -1.34. The van der Waals surface area contributed by atoms with E-state index in [-0.39, 0.29) is 30.6 Å². The maximum absolute atomic E-state index is 13.6. The van der Waals surface area contributed by atoms with Gasteiger partial charge in [0.25, 0.3) is 5.91 Å². The van der Waals surface area contributed by atoms with E-state index in [4.69, 9.17) is 5.11 Å². The zero-order valence-corrected chi connectivity index (χ0v) is 15.6. The van der Waals surface area contributed by atoms with E-state index in [9.17, 15) is 14.0 Å². The van der Waals surface area contributed by atoms with Gasteiger partial charge in [-0.15, -0.1) is 0 Å². The van der Waals surface area contributed by atoms with Crippen LogP contribution in [0.4, 0.5) is 4.39 Å². The maximum atomic E-state index is 13.6. The molecule has 1 heterocycles. The molecule has 1 aromatic carbocycles. The fourth-order valence-corrected chi connectivity index (χ4v) is 3.53. The molecule has 1 amide bonds. The molecule has 0 radical (unpaired) electrons. The van der Waals surface area contributed by atoms with Crippen molar-refractivity contribution in [1.82, 2.24) is 14.7 Å². The molecule has 0 unspecified atom stereocenters. The maximum Gasteiger partial charge on any atom is 0.305 e. The lowest BCUT2D eigenvalue weighted by molar-refractivity contribution is -0.137. The molecule has 0 bridgehead atoms. The van der Waals surface area contributed by atoms with E-state index in [0.717, 1.165) is 30.5 Å². The number of aromatic nitrogens is 2. The molecule has 3 rings (SSSR count). The first-order valence-electron chi connectivity index (χ1n) is 9.24. The number of carboxylic acids is 1. The third kappa shape index (κ3) is 4.18. The molecule has 6 nitrogen and oxygen atoms in total. The second kappa shape index (κ2) is 7.90. The SMILES string of the molecule is CC(C)CN(CCC(=O)O)C(=O)c1nn(-c2cccc(F)c2)c2c1CCC2. The Morgan fingerprint density at radius 3 is 2.78 bits per heavy atom. The number of carboxylic acid groups (broad SMARTS) is 1. The molecule has 0 spiro atoms. The smallest absolute Gasteiger partial charge is 0.305 e. The van der Waals surface area contributed by atoms with Crippen molar-refractivity contribution in [3.63, 3.8) is 0 Å². The summed E-state index contributed by atoms with van der Waals surface area (Å²) >= 11 is 0. The molecule has 1 aliphatic carbocycles. The first-order valence-corrected chi connectivity index (χ1v) is 9.24. The Morgan fingerprint density at radius 1 is 1.33 bits per heavy atom. The van der Waals surface area contributed by atoms with E-state index in [1.54, 1.807) is 21.7 Å². The van der Waals surface area contributed by atoms with Gasteiger partial charge >= 0.3 is 5.97 Å². The van der Waals surface area contributed by atoms with Crippen molar-refractivity contribution in [3.05, 3.63) is 47.0 Å². The average Bonchev–Trinajstić information content (AvgIpc) is 3.20. The molecule has 0 fully saturated rings. The Kier molecular flexibility index (Phi) is 5.58.